The zero-order valence-corrected chi connectivity index (χ0v) is 13.2. The van der Waals surface area contributed by atoms with Crippen LogP contribution in [0, 0.1) is 5.92 Å². The van der Waals surface area contributed by atoms with Gasteiger partial charge in [-0.05, 0) is 24.3 Å². The van der Waals surface area contributed by atoms with Crippen molar-refractivity contribution in [1.29, 1.82) is 0 Å². The van der Waals surface area contributed by atoms with E-state index in [1.807, 2.05) is 30.3 Å². The minimum absolute atomic E-state index is 0.215. The quantitative estimate of drug-likeness (QED) is 0.849. The minimum atomic E-state index is -3.48. The Morgan fingerprint density at radius 3 is 2.70 bits per heavy atom. The number of nitrogens with one attached hydrogen (secondary N) is 1. The molecular formula is C14H21ClN2O2S. The molecule has 4 nitrogen and oxygen atoms in total. The highest BCUT2D eigenvalue weighted by atomic mass is 35.5. The average molecular weight is 317 g/mol. The van der Waals surface area contributed by atoms with Gasteiger partial charge in [0.25, 0.3) is 10.2 Å². The lowest BCUT2D eigenvalue weighted by atomic mass is 10.0. The van der Waals surface area contributed by atoms with Gasteiger partial charge in [-0.2, -0.15) is 17.4 Å². The van der Waals surface area contributed by atoms with Crippen LogP contribution in [0.3, 0.4) is 0 Å². The average Bonchev–Trinajstić information content (AvgIpc) is 2.46. The van der Waals surface area contributed by atoms with Crippen molar-refractivity contribution in [2.75, 3.05) is 19.0 Å². The Morgan fingerprint density at radius 1 is 1.40 bits per heavy atom. The number of rotatable bonds is 5. The standard InChI is InChI=1S/C14H21ClN2O2S/c1-12-6-5-9-17(11-12)20(18,19)16-14(10-15)13-7-3-2-4-8-13/h2-4,7-8,12,14,16H,5-6,9-11H2,1H3. The maximum Gasteiger partial charge on any atom is 0.280 e. The highest BCUT2D eigenvalue weighted by molar-refractivity contribution is 7.87. The zero-order valence-electron chi connectivity index (χ0n) is 11.6. The summed E-state index contributed by atoms with van der Waals surface area (Å²) in [6.07, 6.45) is 2.00. The van der Waals surface area contributed by atoms with Gasteiger partial charge in [-0.25, -0.2) is 0 Å². The first-order chi connectivity index (χ1) is 9.53. The molecule has 1 aliphatic rings. The van der Waals surface area contributed by atoms with Gasteiger partial charge in [-0.3, -0.25) is 0 Å². The summed E-state index contributed by atoms with van der Waals surface area (Å²) < 4.78 is 29.1. The number of hydrogen-bond acceptors (Lipinski definition) is 2. The lowest BCUT2D eigenvalue weighted by Gasteiger charge is -2.31. The predicted molar refractivity (Wildman–Crippen MR) is 81.9 cm³/mol. The van der Waals surface area contributed by atoms with Gasteiger partial charge in [0.15, 0.2) is 0 Å². The molecule has 6 heteroatoms. The van der Waals surface area contributed by atoms with Crippen LogP contribution in [0.4, 0.5) is 0 Å². The second kappa shape index (κ2) is 6.89. The van der Waals surface area contributed by atoms with Crippen LogP contribution in [-0.2, 0) is 10.2 Å². The molecule has 112 valence electrons. The smallest absolute Gasteiger partial charge is 0.195 e. The molecule has 2 rings (SSSR count). The van der Waals surface area contributed by atoms with Crippen molar-refractivity contribution in [1.82, 2.24) is 9.03 Å². The molecule has 1 fully saturated rings. The Morgan fingerprint density at radius 2 is 2.10 bits per heavy atom. The first-order valence-corrected chi connectivity index (χ1v) is 8.88. The molecular weight excluding hydrogens is 296 g/mol. The Hall–Kier alpha value is -0.620. The zero-order chi connectivity index (χ0) is 14.6. The van der Waals surface area contributed by atoms with Crippen molar-refractivity contribution in [2.24, 2.45) is 5.92 Å². The lowest BCUT2D eigenvalue weighted by Crippen LogP contribution is -2.46. The molecule has 0 aliphatic carbocycles. The van der Waals surface area contributed by atoms with Gasteiger partial charge < -0.3 is 0 Å². The van der Waals surface area contributed by atoms with E-state index < -0.39 is 10.2 Å². The van der Waals surface area contributed by atoms with Crippen molar-refractivity contribution < 1.29 is 8.42 Å². The highest BCUT2D eigenvalue weighted by Gasteiger charge is 2.29. The highest BCUT2D eigenvalue weighted by Crippen LogP contribution is 2.21. The molecule has 1 N–H and O–H groups in total. The normalized spacial score (nSPS) is 22.6. The maximum absolute atomic E-state index is 12.4. The molecule has 1 saturated heterocycles. The molecule has 0 bridgehead atoms. The second-order valence-electron chi connectivity index (χ2n) is 5.35. The second-order valence-corrected chi connectivity index (χ2v) is 7.36. The van der Waals surface area contributed by atoms with E-state index >= 15 is 0 Å². The molecule has 1 aliphatic heterocycles. The third-order valence-electron chi connectivity index (χ3n) is 3.61. The van der Waals surface area contributed by atoms with E-state index in [4.69, 9.17) is 11.6 Å². The SMILES string of the molecule is CC1CCCN(S(=O)(=O)NC(CCl)c2ccccc2)C1. The van der Waals surface area contributed by atoms with Crippen LogP contribution in [0.25, 0.3) is 0 Å². The largest absolute Gasteiger partial charge is 0.280 e. The van der Waals surface area contributed by atoms with E-state index in [2.05, 4.69) is 11.6 Å². The van der Waals surface area contributed by atoms with Gasteiger partial charge in [-0.1, -0.05) is 37.3 Å². The summed E-state index contributed by atoms with van der Waals surface area (Å²) in [7, 11) is -3.48. The van der Waals surface area contributed by atoms with E-state index in [0.29, 0.717) is 19.0 Å². The van der Waals surface area contributed by atoms with Gasteiger partial charge in [0.2, 0.25) is 0 Å². The van der Waals surface area contributed by atoms with Crippen molar-refractivity contribution >= 4 is 21.8 Å². The molecule has 1 aromatic carbocycles. The minimum Gasteiger partial charge on any atom is -0.195 e. The summed E-state index contributed by atoms with van der Waals surface area (Å²) in [4.78, 5) is 0. The van der Waals surface area contributed by atoms with Crippen molar-refractivity contribution in [2.45, 2.75) is 25.8 Å². The summed E-state index contributed by atoms with van der Waals surface area (Å²) in [6.45, 7) is 3.25. The summed E-state index contributed by atoms with van der Waals surface area (Å²) in [6, 6.07) is 9.04. The molecule has 0 spiro atoms. The van der Waals surface area contributed by atoms with Crippen LogP contribution < -0.4 is 4.72 Å². The third kappa shape index (κ3) is 3.95. The van der Waals surface area contributed by atoms with Crippen molar-refractivity contribution in [3.05, 3.63) is 35.9 Å². The van der Waals surface area contributed by atoms with Gasteiger partial charge in [-0.15, -0.1) is 11.6 Å². The van der Waals surface area contributed by atoms with E-state index in [1.54, 1.807) is 0 Å². The number of nitrogens with zero attached hydrogens (tertiary/aromatic N) is 1. The van der Waals surface area contributed by atoms with Gasteiger partial charge >= 0.3 is 0 Å². The number of alkyl halides is 1. The fourth-order valence-electron chi connectivity index (χ4n) is 2.49. The number of halogens is 1. The van der Waals surface area contributed by atoms with Crippen molar-refractivity contribution in [3.8, 4) is 0 Å². The van der Waals surface area contributed by atoms with Crippen LogP contribution in [0.15, 0.2) is 30.3 Å². The molecule has 0 amide bonds. The molecule has 0 aromatic heterocycles. The monoisotopic (exact) mass is 316 g/mol. The lowest BCUT2D eigenvalue weighted by molar-refractivity contribution is 0.277. The summed E-state index contributed by atoms with van der Waals surface area (Å²) >= 11 is 5.93. The molecule has 0 radical (unpaired) electrons. The fraction of sp³-hybridized carbons (Fsp3) is 0.571. The van der Waals surface area contributed by atoms with Crippen LogP contribution >= 0.6 is 11.6 Å². The van der Waals surface area contributed by atoms with E-state index in [-0.39, 0.29) is 11.9 Å². The topological polar surface area (TPSA) is 49.4 Å². The van der Waals surface area contributed by atoms with Crippen molar-refractivity contribution in [3.63, 3.8) is 0 Å². The van der Waals surface area contributed by atoms with E-state index in [1.165, 1.54) is 4.31 Å². The van der Waals surface area contributed by atoms with Gasteiger partial charge in [0, 0.05) is 19.0 Å². The Labute approximate surface area is 126 Å². The number of benzene rings is 1. The first kappa shape index (κ1) is 15.8. The molecule has 1 aromatic rings. The summed E-state index contributed by atoms with van der Waals surface area (Å²) in [5.74, 6) is 0.624. The molecule has 2 atom stereocenters. The van der Waals surface area contributed by atoms with Gasteiger partial charge in [0.05, 0.1) is 6.04 Å². The molecule has 2 unspecified atom stereocenters. The third-order valence-corrected chi connectivity index (χ3v) is 5.51. The van der Waals surface area contributed by atoms with Crippen LogP contribution in [-0.4, -0.2) is 31.7 Å². The first-order valence-electron chi connectivity index (χ1n) is 6.91. The summed E-state index contributed by atoms with van der Waals surface area (Å²) in [5, 5.41) is 0. The Bertz CT molecular complexity index is 521. The van der Waals surface area contributed by atoms with Gasteiger partial charge in [0.1, 0.15) is 0 Å². The number of piperidine rings is 1. The van der Waals surface area contributed by atoms with E-state index in [0.717, 1.165) is 18.4 Å². The van der Waals surface area contributed by atoms with Crippen LogP contribution in [0.2, 0.25) is 0 Å². The summed E-state index contributed by atoms with van der Waals surface area (Å²) in [5.41, 5.74) is 0.885. The Kier molecular flexibility index (Phi) is 5.43. The Balaban J connectivity index is 2.10. The fourth-order valence-corrected chi connectivity index (χ4v) is 4.39. The molecule has 20 heavy (non-hydrogen) atoms. The van der Waals surface area contributed by atoms with Crippen LogP contribution in [0.5, 0.6) is 0 Å². The predicted octanol–water partition coefficient (Wildman–Crippen LogP) is 2.53. The maximum atomic E-state index is 12.4. The van der Waals surface area contributed by atoms with E-state index in [9.17, 15) is 8.42 Å². The van der Waals surface area contributed by atoms with Crippen LogP contribution in [0.1, 0.15) is 31.4 Å². The molecule has 1 heterocycles. The molecule has 0 saturated carbocycles. The number of hydrogen-bond donors (Lipinski definition) is 1.